The minimum absolute atomic E-state index is 0.985. The van der Waals surface area contributed by atoms with E-state index in [0.717, 1.165) is 12.1 Å². The Kier molecular flexibility index (Phi) is 4.99. The van der Waals surface area contributed by atoms with E-state index < -0.39 is 0 Å². The quantitative estimate of drug-likeness (QED) is 0.226. The number of allylic oxidation sites excluding steroid dienone is 5. The second-order valence-corrected chi connectivity index (χ2v) is 10.6. The van der Waals surface area contributed by atoms with Crippen LogP contribution < -0.4 is 0 Å². The smallest absolute Gasteiger partial charge is 0.0541 e. The van der Waals surface area contributed by atoms with E-state index in [4.69, 9.17) is 0 Å². The van der Waals surface area contributed by atoms with Gasteiger partial charge in [0, 0.05) is 39.2 Å². The van der Waals surface area contributed by atoms with Gasteiger partial charge in [0.2, 0.25) is 0 Å². The van der Waals surface area contributed by atoms with Crippen molar-refractivity contribution in [3.05, 3.63) is 139 Å². The van der Waals surface area contributed by atoms with Crippen LogP contribution in [0.2, 0.25) is 0 Å². The van der Waals surface area contributed by atoms with Gasteiger partial charge in [-0.15, -0.1) is 0 Å². The van der Waals surface area contributed by atoms with E-state index in [-0.39, 0.29) is 0 Å². The summed E-state index contributed by atoms with van der Waals surface area (Å²) < 4.78 is 2.33. The molecule has 0 amide bonds. The summed E-state index contributed by atoms with van der Waals surface area (Å²) in [5.74, 6) is 0. The molecule has 0 aliphatic heterocycles. The number of para-hydroxylation sites is 1. The van der Waals surface area contributed by atoms with E-state index in [9.17, 15) is 0 Å². The Morgan fingerprint density at radius 1 is 0.750 bits per heavy atom. The Hall–Kier alpha value is -5.08. The van der Waals surface area contributed by atoms with Gasteiger partial charge >= 0.3 is 0 Å². The Balaban J connectivity index is 1.31. The molecule has 5 aromatic carbocycles. The van der Waals surface area contributed by atoms with Crippen molar-refractivity contribution in [3.8, 4) is 22.3 Å². The minimum atomic E-state index is 0.985. The monoisotopic (exact) mass is 512 g/mol. The fraction of sp³-hybridized carbons (Fsp3) is 0.0526. The Labute approximate surface area is 233 Å². The highest BCUT2D eigenvalue weighted by Gasteiger charge is 2.22. The van der Waals surface area contributed by atoms with Gasteiger partial charge in [0.15, 0.2) is 0 Å². The molecule has 0 saturated heterocycles. The molecule has 2 nitrogen and oxygen atoms in total. The Morgan fingerprint density at radius 2 is 1.52 bits per heavy atom. The zero-order valence-electron chi connectivity index (χ0n) is 22.4. The highest BCUT2D eigenvalue weighted by atomic mass is 15.0. The predicted molar refractivity (Wildman–Crippen MR) is 172 cm³/mol. The molecule has 190 valence electrons. The SMILES string of the molecule is C=C/C=C(\C=C/C)n1c2ccccc2c2cc(-c3ccc4[nH]c5c6c(ccc5c4c3)-c3ccccc3C6)ccc21. The summed E-state index contributed by atoms with van der Waals surface area (Å²) in [6, 6.07) is 35.7. The third-order valence-electron chi connectivity index (χ3n) is 8.45. The first-order valence-electron chi connectivity index (χ1n) is 13.9. The maximum absolute atomic E-state index is 3.95. The molecule has 0 bridgehead atoms. The van der Waals surface area contributed by atoms with Gasteiger partial charge in [0.1, 0.15) is 0 Å². The van der Waals surface area contributed by atoms with Gasteiger partial charge in [-0.25, -0.2) is 0 Å². The number of aromatic nitrogens is 2. The number of H-pyrrole nitrogens is 1. The average molecular weight is 513 g/mol. The lowest BCUT2D eigenvalue weighted by Gasteiger charge is -2.09. The van der Waals surface area contributed by atoms with Crippen molar-refractivity contribution in [2.24, 2.45) is 0 Å². The Bertz CT molecular complexity index is 2210. The number of rotatable bonds is 4. The second kappa shape index (κ2) is 8.72. The molecule has 0 atom stereocenters. The molecule has 2 heteroatoms. The van der Waals surface area contributed by atoms with Crippen LogP contribution >= 0.6 is 0 Å². The van der Waals surface area contributed by atoms with Crippen LogP contribution in [0, 0.1) is 0 Å². The molecule has 2 heterocycles. The molecule has 0 fully saturated rings. The molecule has 8 rings (SSSR count). The van der Waals surface area contributed by atoms with E-state index in [0.29, 0.717) is 0 Å². The van der Waals surface area contributed by atoms with Gasteiger partial charge in [0.05, 0.1) is 16.6 Å². The van der Waals surface area contributed by atoms with Crippen LogP contribution in [-0.2, 0) is 6.42 Å². The van der Waals surface area contributed by atoms with E-state index in [1.54, 1.807) is 0 Å². The second-order valence-electron chi connectivity index (χ2n) is 10.6. The van der Waals surface area contributed by atoms with Crippen molar-refractivity contribution in [1.29, 1.82) is 0 Å². The predicted octanol–water partition coefficient (Wildman–Crippen LogP) is 10.3. The number of nitrogens with zero attached hydrogens (tertiary/aromatic N) is 1. The summed E-state index contributed by atoms with van der Waals surface area (Å²) >= 11 is 0. The van der Waals surface area contributed by atoms with E-state index >= 15 is 0 Å². The molecule has 7 aromatic rings. The molecule has 0 spiro atoms. The number of hydrogen-bond donors (Lipinski definition) is 1. The van der Waals surface area contributed by atoms with Crippen LogP contribution in [-0.4, -0.2) is 9.55 Å². The van der Waals surface area contributed by atoms with Crippen LogP contribution in [0.3, 0.4) is 0 Å². The van der Waals surface area contributed by atoms with Crippen molar-refractivity contribution >= 4 is 49.3 Å². The zero-order chi connectivity index (χ0) is 26.8. The van der Waals surface area contributed by atoms with Crippen LogP contribution in [0.4, 0.5) is 0 Å². The van der Waals surface area contributed by atoms with Crippen LogP contribution in [0.15, 0.2) is 128 Å². The molecular weight excluding hydrogens is 484 g/mol. The molecule has 0 radical (unpaired) electrons. The normalized spacial score (nSPS) is 13.2. The third kappa shape index (κ3) is 3.23. The zero-order valence-corrected chi connectivity index (χ0v) is 22.4. The molecule has 2 aromatic heterocycles. The average Bonchev–Trinajstić information content (AvgIpc) is 3.66. The lowest BCUT2D eigenvalue weighted by Crippen LogP contribution is -1.94. The highest BCUT2D eigenvalue weighted by Crippen LogP contribution is 2.42. The van der Waals surface area contributed by atoms with Crippen molar-refractivity contribution in [1.82, 2.24) is 9.55 Å². The molecule has 1 aliphatic rings. The minimum Gasteiger partial charge on any atom is -0.354 e. The van der Waals surface area contributed by atoms with Gasteiger partial charge in [-0.2, -0.15) is 0 Å². The van der Waals surface area contributed by atoms with Crippen molar-refractivity contribution in [2.45, 2.75) is 13.3 Å². The van der Waals surface area contributed by atoms with Crippen LogP contribution in [0.25, 0.3) is 71.6 Å². The lowest BCUT2D eigenvalue weighted by molar-refractivity contribution is 1.24. The Morgan fingerprint density at radius 3 is 2.40 bits per heavy atom. The first kappa shape index (κ1) is 22.9. The summed E-state index contributed by atoms with van der Waals surface area (Å²) in [6.07, 6.45) is 9.13. The largest absolute Gasteiger partial charge is 0.354 e. The number of aromatic amines is 1. The summed E-state index contributed by atoms with van der Waals surface area (Å²) in [6.45, 7) is 6.00. The van der Waals surface area contributed by atoms with Crippen LogP contribution in [0.1, 0.15) is 18.1 Å². The molecule has 40 heavy (non-hydrogen) atoms. The van der Waals surface area contributed by atoms with Gasteiger partial charge in [0.25, 0.3) is 0 Å². The fourth-order valence-corrected chi connectivity index (χ4v) is 6.70. The standard InChI is InChI=1S/C38H28N2/c1-3-9-27(10-4-2)40-36-14-8-7-13-30(36)33-22-25(16-20-37(33)40)24-15-19-35-32(21-24)31-18-17-29-28-12-6-5-11-26(28)23-34(29)38(31)39-35/h3-22,39H,1,23H2,2H3/b10-4-,27-9+. The van der Waals surface area contributed by atoms with Crippen molar-refractivity contribution in [2.75, 3.05) is 0 Å². The summed E-state index contributed by atoms with van der Waals surface area (Å²) in [5, 5.41) is 5.08. The fourth-order valence-electron chi connectivity index (χ4n) is 6.70. The maximum Gasteiger partial charge on any atom is 0.0541 e. The van der Waals surface area contributed by atoms with E-state index in [2.05, 4.69) is 138 Å². The molecular formula is C38H28N2. The van der Waals surface area contributed by atoms with Gasteiger partial charge in [-0.1, -0.05) is 85.5 Å². The third-order valence-corrected chi connectivity index (χ3v) is 8.45. The molecule has 0 unspecified atom stereocenters. The summed E-state index contributed by atoms with van der Waals surface area (Å²) in [5.41, 5.74) is 14.0. The van der Waals surface area contributed by atoms with Crippen molar-refractivity contribution in [3.63, 3.8) is 0 Å². The van der Waals surface area contributed by atoms with Crippen LogP contribution in [0.5, 0.6) is 0 Å². The van der Waals surface area contributed by atoms with E-state index in [1.807, 2.05) is 6.08 Å². The maximum atomic E-state index is 3.95. The number of nitrogens with one attached hydrogen (secondary N) is 1. The number of hydrogen-bond acceptors (Lipinski definition) is 0. The lowest BCUT2D eigenvalue weighted by atomic mass is 9.99. The number of fused-ring (bicyclic) bond motifs is 10. The summed E-state index contributed by atoms with van der Waals surface area (Å²) in [7, 11) is 0. The van der Waals surface area contributed by atoms with Gasteiger partial charge in [-0.3, -0.25) is 0 Å². The topological polar surface area (TPSA) is 20.7 Å². The molecule has 0 saturated carbocycles. The van der Waals surface area contributed by atoms with Gasteiger partial charge < -0.3 is 9.55 Å². The first-order valence-corrected chi connectivity index (χ1v) is 13.9. The van der Waals surface area contributed by atoms with E-state index in [1.165, 1.54) is 77.0 Å². The van der Waals surface area contributed by atoms with Gasteiger partial charge in [-0.05, 0) is 82.8 Å². The van der Waals surface area contributed by atoms with Crippen molar-refractivity contribution < 1.29 is 0 Å². The number of benzene rings is 5. The molecule has 1 N–H and O–H groups in total. The highest BCUT2D eigenvalue weighted by molar-refractivity contribution is 6.13. The summed E-state index contributed by atoms with van der Waals surface area (Å²) in [4.78, 5) is 3.76. The first-order chi connectivity index (χ1) is 19.7. The molecule has 1 aliphatic carbocycles.